The van der Waals surface area contributed by atoms with Crippen molar-refractivity contribution >= 4 is 5.82 Å². The fourth-order valence-corrected chi connectivity index (χ4v) is 2.12. The Bertz CT molecular complexity index is 310. The van der Waals surface area contributed by atoms with Gasteiger partial charge in [0.25, 0.3) is 0 Å². The van der Waals surface area contributed by atoms with E-state index in [9.17, 15) is 0 Å². The van der Waals surface area contributed by atoms with Gasteiger partial charge in [-0.15, -0.1) is 0 Å². The van der Waals surface area contributed by atoms with Crippen LogP contribution in [0.1, 0.15) is 31.7 Å². The van der Waals surface area contributed by atoms with Crippen LogP contribution >= 0.6 is 0 Å². The molecule has 3 heteroatoms. The minimum Gasteiger partial charge on any atom is -0.392 e. The Hall–Kier alpha value is -1.09. The predicted octanol–water partition coefficient (Wildman–Crippen LogP) is 1.95. The zero-order valence-electron chi connectivity index (χ0n) is 9.19. The van der Waals surface area contributed by atoms with Crippen molar-refractivity contribution in [2.75, 3.05) is 11.4 Å². The van der Waals surface area contributed by atoms with Crippen LogP contribution in [0.4, 0.5) is 5.82 Å². The summed E-state index contributed by atoms with van der Waals surface area (Å²) >= 11 is 0. The van der Waals surface area contributed by atoms with E-state index in [1.54, 1.807) is 6.20 Å². The molecule has 1 unspecified atom stereocenters. The second kappa shape index (κ2) is 4.62. The van der Waals surface area contributed by atoms with Gasteiger partial charge in [0.15, 0.2) is 0 Å². The molecule has 1 saturated heterocycles. The van der Waals surface area contributed by atoms with E-state index in [0.29, 0.717) is 6.04 Å². The normalized spacial score (nSPS) is 21.7. The van der Waals surface area contributed by atoms with Crippen LogP contribution < -0.4 is 4.90 Å². The Kier molecular flexibility index (Phi) is 3.21. The molecule has 1 aliphatic heterocycles. The molecule has 0 amide bonds. The van der Waals surface area contributed by atoms with Crippen LogP contribution in [0.15, 0.2) is 18.3 Å². The highest BCUT2D eigenvalue weighted by molar-refractivity contribution is 5.40. The zero-order valence-corrected chi connectivity index (χ0v) is 9.19. The summed E-state index contributed by atoms with van der Waals surface area (Å²) in [6.45, 7) is 3.43. The molecule has 1 aliphatic rings. The zero-order chi connectivity index (χ0) is 10.7. The lowest BCUT2D eigenvalue weighted by atomic mass is 10.0. The highest BCUT2D eigenvalue weighted by Gasteiger charge is 2.18. The summed E-state index contributed by atoms with van der Waals surface area (Å²) in [5, 5.41) is 8.94. The van der Waals surface area contributed by atoms with E-state index in [-0.39, 0.29) is 6.61 Å². The topological polar surface area (TPSA) is 36.4 Å². The summed E-state index contributed by atoms with van der Waals surface area (Å²) in [6.07, 6.45) is 5.60. The molecule has 1 fully saturated rings. The van der Waals surface area contributed by atoms with Gasteiger partial charge in [0.1, 0.15) is 5.82 Å². The van der Waals surface area contributed by atoms with Crippen LogP contribution in [0.5, 0.6) is 0 Å². The van der Waals surface area contributed by atoms with Gasteiger partial charge in [0.05, 0.1) is 6.61 Å². The predicted molar refractivity (Wildman–Crippen MR) is 60.8 cm³/mol. The maximum atomic E-state index is 8.94. The number of hydrogen-bond acceptors (Lipinski definition) is 3. The van der Waals surface area contributed by atoms with Gasteiger partial charge in [-0.25, -0.2) is 4.98 Å². The minimum absolute atomic E-state index is 0.0723. The molecule has 1 aromatic heterocycles. The first-order valence-electron chi connectivity index (χ1n) is 5.63. The number of anilines is 1. The van der Waals surface area contributed by atoms with E-state index < -0.39 is 0 Å². The Morgan fingerprint density at radius 2 is 2.33 bits per heavy atom. The fraction of sp³-hybridized carbons (Fsp3) is 0.583. The summed E-state index contributed by atoms with van der Waals surface area (Å²) in [5.41, 5.74) is 0.878. The summed E-state index contributed by atoms with van der Waals surface area (Å²) in [5.74, 6) is 1.04. The maximum absolute atomic E-state index is 8.94. The molecular weight excluding hydrogens is 188 g/mol. The molecule has 2 heterocycles. The second-order valence-electron chi connectivity index (χ2n) is 4.22. The van der Waals surface area contributed by atoms with Crippen molar-refractivity contribution in [1.82, 2.24) is 4.98 Å². The quantitative estimate of drug-likeness (QED) is 0.803. The molecule has 1 aromatic rings. The SMILES string of the molecule is CC1CCCCN1c1ccc(CO)cn1. The van der Waals surface area contributed by atoms with Crippen LogP contribution in [0.25, 0.3) is 0 Å². The molecule has 0 saturated carbocycles. The third kappa shape index (κ3) is 2.29. The Balaban J connectivity index is 2.13. The third-order valence-electron chi connectivity index (χ3n) is 3.09. The molecule has 3 nitrogen and oxygen atoms in total. The van der Waals surface area contributed by atoms with Gasteiger partial charge in [-0.05, 0) is 37.8 Å². The molecule has 0 aliphatic carbocycles. The average Bonchev–Trinajstić information content (AvgIpc) is 2.30. The highest BCUT2D eigenvalue weighted by Crippen LogP contribution is 2.22. The second-order valence-corrected chi connectivity index (χ2v) is 4.22. The van der Waals surface area contributed by atoms with Gasteiger partial charge in [-0.1, -0.05) is 6.07 Å². The summed E-state index contributed by atoms with van der Waals surface area (Å²) in [4.78, 5) is 6.74. The van der Waals surface area contributed by atoms with Crippen molar-refractivity contribution in [3.63, 3.8) is 0 Å². The molecule has 15 heavy (non-hydrogen) atoms. The number of rotatable bonds is 2. The van der Waals surface area contributed by atoms with Gasteiger partial charge in [0, 0.05) is 18.8 Å². The number of piperidine rings is 1. The largest absolute Gasteiger partial charge is 0.392 e. The van der Waals surface area contributed by atoms with Crippen LogP contribution in [-0.4, -0.2) is 22.7 Å². The number of pyridine rings is 1. The van der Waals surface area contributed by atoms with E-state index in [4.69, 9.17) is 5.11 Å². The van der Waals surface area contributed by atoms with Crippen molar-refractivity contribution in [2.45, 2.75) is 38.8 Å². The van der Waals surface area contributed by atoms with Crippen LogP contribution in [0.2, 0.25) is 0 Å². The first-order valence-corrected chi connectivity index (χ1v) is 5.63. The first-order chi connectivity index (χ1) is 7.31. The van der Waals surface area contributed by atoms with Gasteiger partial charge in [-0.3, -0.25) is 0 Å². The van der Waals surface area contributed by atoms with E-state index in [0.717, 1.165) is 17.9 Å². The molecule has 0 aromatic carbocycles. The smallest absolute Gasteiger partial charge is 0.128 e. The molecule has 82 valence electrons. The van der Waals surface area contributed by atoms with Gasteiger partial charge < -0.3 is 10.0 Å². The molecule has 2 rings (SSSR count). The van der Waals surface area contributed by atoms with Crippen LogP contribution in [0, 0.1) is 0 Å². The number of aliphatic hydroxyl groups excluding tert-OH is 1. The fourth-order valence-electron chi connectivity index (χ4n) is 2.12. The molecule has 0 bridgehead atoms. The molecular formula is C12H18N2O. The van der Waals surface area contributed by atoms with E-state index in [2.05, 4.69) is 16.8 Å². The van der Waals surface area contributed by atoms with Crippen molar-refractivity contribution in [3.05, 3.63) is 23.9 Å². The number of aliphatic hydroxyl groups is 1. The standard InChI is InChI=1S/C12H18N2O/c1-10-4-2-3-7-14(10)12-6-5-11(9-15)8-13-12/h5-6,8,10,15H,2-4,7,9H2,1H3. The molecule has 0 radical (unpaired) electrons. The maximum Gasteiger partial charge on any atom is 0.128 e. The van der Waals surface area contributed by atoms with Crippen LogP contribution in [0.3, 0.4) is 0 Å². The lowest BCUT2D eigenvalue weighted by Gasteiger charge is -2.34. The van der Waals surface area contributed by atoms with Crippen LogP contribution in [-0.2, 0) is 6.61 Å². The lowest BCUT2D eigenvalue weighted by molar-refractivity contribution is 0.281. The number of aromatic nitrogens is 1. The van der Waals surface area contributed by atoms with Gasteiger partial charge >= 0.3 is 0 Å². The summed E-state index contributed by atoms with van der Waals surface area (Å²) in [7, 11) is 0. The Morgan fingerprint density at radius 1 is 1.47 bits per heavy atom. The average molecular weight is 206 g/mol. The van der Waals surface area contributed by atoms with E-state index >= 15 is 0 Å². The third-order valence-corrected chi connectivity index (χ3v) is 3.09. The Labute approximate surface area is 90.8 Å². The van der Waals surface area contributed by atoms with Crippen molar-refractivity contribution in [1.29, 1.82) is 0 Å². The van der Waals surface area contributed by atoms with E-state index in [1.165, 1.54) is 19.3 Å². The molecule has 1 N–H and O–H groups in total. The van der Waals surface area contributed by atoms with Crippen molar-refractivity contribution in [3.8, 4) is 0 Å². The molecule has 1 atom stereocenters. The molecule has 0 spiro atoms. The number of nitrogens with zero attached hydrogens (tertiary/aromatic N) is 2. The lowest BCUT2D eigenvalue weighted by Crippen LogP contribution is -2.37. The van der Waals surface area contributed by atoms with Gasteiger partial charge in [-0.2, -0.15) is 0 Å². The summed E-state index contributed by atoms with van der Waals surface area (Å²) in [6, 6.07) is 4.54. The Morgan fingerprint density at radius 3 is 2.93 bits per heavy atom. The highest BCUT2D eigenvalue weighted by atomic mass is 16.3. The van der Waals surface area contributed by atoms with Crippen molar-refractivity contribution in [2.24, 2.45) is 0 Å². The number of hydrogen-bond donors (Lipinski definition) is 1. The van der Waals surface area contributed by atoms with Crippen molar-refractivity contribution < 1.29 is 5.11 Å². The van der Waals surface area contributed by atoms with Gasteiger partial charge in [0.2, 0.25) is 0 Å². The first kappa shape index (κ1) is 10.4. The monoisotopic (exact) mass is 206 g/mol. The summed E-state index contributed by atoms with van der Waals surface area (Å²) < 4.78 is 0. The van der Waals surface area contributed by atoms with E-state index in [1.807, 2.05) is 12.1 Å². The minimum atomic E-state index is 0.0723.